The second-order valence-corrected chi connectivity index (χ2v) is 6.08. The van der Waals surface area contributed by atoms with E-state index in [0.29, 0.717) is 5.92 Å². The zero-order valence-electron chi connectivity index (χ0n) is 12.4. The van der Waals surface area contributed by atoms with Crippen LogP contribution in [0.15, 0.2) is 16.7 Å². The van der Waals surface area contributed by atoms with Crippen molar-refractivity contribution in [1.82, 2.24) is 10.6 Å². The molecule has 1 aliphatic rings. The van der Waals surface area contributed by atoms with Gasteiger partial charge in [-0.3, -0.25) is 0 Å². The molecule has 0 bridgehead atoms. The standard InChI is InChI=1S/C16H28N2O/c1-13(2)11-17-12-16-14(8-10-19-16)5-3-4-9-18-15-6-7-15/h8,10,13,15,17-18H,3-7,9,11-12H2,1-2H3. The van der Waals surface area contributed by atoms with Crippen LogP contribution in [0.4, 0.5) is 0 Å². The molecule has 2 rings (SSSR count). The second-order valence-electron chi connectivity index (χ2n) is 6.08. The van der Waals surface area contributed by atoms with E-state index in [9.17, 15) is 0 Å². The highest BCUT2D eigenvalue weighted by Crippen LogP contribution is 2.18. The summed E-state index contributed by atoms with van der Waals surface area (Å²) >= 11 is 0. The maximum atomic E-state index is 5.57. The zero-order chi connectivity index (χ0) is 13.5. The summed E-state index contributed by atoms with van der Waals surface area (Å²) in [5.41, 5.74) is 1.38. The molecule has 1 fully saturated rings. The van der Waals surface area contributed by atoms with Crippen molar-refractivity contribution in [2.45, 2.75) is 58.5 Å². The molecule has 0 aromatic carbocycles. The second kappa shape index (κ2) is 7.71. The Balaban J connectivity index is 1.60. The molecule has 1 aromatic heterocycles. The van der Waals surface area contributed by atoms with Gasteiger partial charge in [0.2, 0.25) is 0 Å². The van der Waals surface area contributed by atoms with Crippen molar-refractivity contribution in [2.75, 3.05) is 13.1 Å². The van der Waals surface area contributed by atoms with Crippen LogP contribution in [0.5, 0.6) is 0 Å². The van der Waals surface area contributed by atoms with Crippen LogP contribution in [-0.4, -0.2) is 19.1 Å². The van der Waals surface area contributed by atoms with Gasteiger partial charge in [0.25, 0.3) is 0 Å². The molecule has 2 N–H and O–H groups in total. The van der Waals surface area contributed by atoms with Gasteiger partial charge in [-0.25, -0.2) is 0 Å². The van der Waals surface area contributed by atoms with E-state index in [-0.39, 0.29) is 0 Å². The van der Waals surface area contributed by atoms with Crippen molar-refractivity contribution >= 4 is 0 Å². The van der Waals surface area contributed by atoms with Crippen molar-refractivity contribution in [1.29, 1.82) is 0 Å². The minimum atomic E-state index is 0.687. The maximum Gasteiger partial charge on any atom is 0.120 e. The van der Waals surface area contributed by atoms with Gasteiger partial charge in [0.05, 0.1) is 12.8 Å². The van der Waals surface area contributed by atoms with E-state index < -0.39 is 0 Å². The van der Waals surface area contributed by atoms with Crippen LogP contribution in [0.1, 0.15) is 50.9 Å². The SMILES string of the molecule is CC(C)CNCc1occc1CCCCNC1CC1. The lowest BCUT2D eigenvalue weighted by Gasteiger charge is -2.07. The van der Waals surface area contributed by atoms with Gasteiger partial charge in [-0.1, -0.05) is 13.8 Å². The van der Waals surface area contributed by atoms with Gasteiger partial charge in [-0.15, -0.1) is 0 Å². The first kappa shape index (κ1) is 14.6. The first-order chi connectivity index (χ1) is 9.25. The summed E-state index contributed by atoms with van der Waals surface area (Å²) in [6, 6.07) is 2.96. The molecule has 108 valence electrons. The number of hydrogen-bond donors (Lipinski definition) is 2. The van der Waals surface area contributed by atoms with E-state index in [1.807, 2.05) is 6.26 Å². The number of furan rings is 1. The Morgan fingerprint density at radius 3 is 2.89 bits per heavy atom. The van der Waals surface area contributed by atoms with Gasteiger partial charge < -0.3 is 15.1 Å². The highest BCUT2D eigenvalue weighted by Gasteiger charge is 2.19. The van der Waals surface area contributed by atoms with Crippen molar-refractivity contribution < 1.29 is 4.42 Å². The van der Waals surface area contributed by atoms with Crippen LogP contribution < -0.4 is 10.6 Å². The maximum absolute atomic E-state index is 5.57. The Kier molecular flexibility index (Phi) is 5.93. The number of hydrogen-bond acceptors (Lipinski definition) is 3. The van der Waals surface area contributed by atoms with Crippen molar-refractivity contribution in [3.63, 3.8) is 0 Å². The molecular weight excluding hydrogens is 236 g/mol. The molecule has 0 unspecified atom stereocenters. The van der Waals surface area contributed by atoms with E-state index in [1.165, 1.54) is 37.8 Å². The average Bonchev–Trinajstić information content (AvgIpc) is 3.09. The van der Waals surface area contributed by atoms with Gasteiger partial charge in [0, 0.05) is 6.04 Å². The fourth-order valence-electron chi connectivity index (χ4n) is 2.25. The first-order valence-corrected chi connectivity index (χ1v) is 7.75. The van der Waals surface area contributed by atoms with Crippen LogP contribution in [0.2, 0.25) is 0 Å². The molecule has 1 aliphatic carbocycles. The molecule has 3 nitrogen and oxygen atoms in total. The van der Waals surface area contributed by atoms with Crippen molar-refractivity contribution in [3.05, 3.63) is 23.7 Å². The lowest BCUT2D eigenvalue weighted by molar-refractivity contribution is 0.459. The Bertz CT molecular complexity index is 355. The van der Waals surface area contributed by atoms with E-state index in [2.05, 4.69) is 30.5 Å². The van der Waals surface area contributed by atoms with Gasteiger partial charge in [-0.2, -0.15) is 0 Å². The minimum Gasteiger partial charge on any atom is -0.468 e. The van der Waals surface area contributed by atoms with E-state index in [1.54, 1.807) is 0 Å². The van der Waals surface area contributed by atoms with Crippen LogP contribution in [-0.2, 0) is 13.0 Å². The molecule has 3 heteroatoms. The Labute approximate surface area is 117 Å². The van der Waals surface area contributed by atoms with Crippen LogP contribution >= 0.6 is 0 Å². The summed E-state index contributed by atoms with van der Waals surface area (Å²) in [7, 11) is 0. The molecule has 0 radical (unpaired) electrons. The van der Waals surface area contributed by atoms with Crippen LogP contribution in [0.25, 0.3) is 0 Å². The van der Waals surface area contributed by atoms with Gasteiger partial charge >= 0.3 is 0 Å². The number of unbranched alkanes of at least 4 members (excludes halogenated alkanes) is 1. The van der Waals surface area contributed by atoms with Gasteiger partial charge in [-0.05, 0) is 62.7 Å². The number of rotatable bonds is 10. The summed E-state index contributed by atoms with van der Waals surface area (Å²) in [5, 5.41) is 7.01. The third-order valence-corrected chi connectivity index (χ3v) is 3.56. The normalized spacial score (nSPS) is 15.3. The third-order valence-electron chi connectivity index (χ3n) is 3.56. The molecule has 1 heterocycles. The summed E-state index contributed by atoms with van der Waals surface area (Å²) in [4.78, 5) is 0. The number of nitrogens with one attached hydrogen (secondary N) is 2. The van der Waals surface area contributed by atoms with Crippen LogP contribution in [0.3, 0.4) is 0 Å². The van der Waals surface area contributed by atoms with Crippen molar-refractivity contribution in [2.24, 2.45) is 5.92 Å². The highest BCUT2D eigenvalue weighted by atomic mass is 16.3. The van der Waals surface area contributed by atoms with Gasteiger partial charge in [0.1, 0.15) is 5.76 Å². The molecule has 1 aromatic rings. The molecule has 0 aliphatic heterocycles. The highest BCUT2D eigenvalue weighted by molar-refractivity contribution is 5.17. The van der Waals surface area contributed by atoms with E-state index in [4.69, 9.17) is 4.42 Å². The summed E-state index contributed by atoms with van der Waals surface area (Å²) in [6.45, 7) is 7.53. The molecule has 19 heavy (non-hydrogen) atoms. The summed E-state index contributed by atoms with van der Waals surface area (Å²) in [6.07, 6.45) is 8.24. The van der Waals surface area contributed by atoms with Crippen molar-refractivity contribution in [3.8, 4) is 0 Å². The quantitative estimate of drug-likeness (QED) is 0.638. The topological polar surface area (TPSA) is 37.2 Å². The Hall–Kier alpha value is -0.800. The fraction of sp³-hybridized carbons (Fsp3) is 0.750. The lowest BCUT2D eigenvalue weighted by atomic mass is 10.1. The Morgan fingerprint density at radius 2 is 2.16 bits per heavy atom. The Morgan fingerprint density at radius 1 is 1.32 bits per heavy atom. The number of aryl methyl sites for hydroxylation is 1. The third kappa shape index (κ3) is 5.79. The van der Waals surface area contributed by atoms with Crippen LogP contribution in [0, 0.1) is 5.92 Å². The molecule has 0 amide bonds. The molecule has 0 atom stereocenters. The predicted octanol–water partition coefficient (Wildman–Crippen LogP) is 3.10. The van der Waals surface area contributed by atoms with E-state index >= 15 is 0 Å². The first-order valence-electron chi connectivity index (χ1n) is 7.75. The van der Waals surface area contributed by atoms with E-state index in [0.717, 1.165) is 31.3 Å². The smallest absolute Gasteiger partial charge is 0.120 e. The fourth-order valence-corrected chi connectivity index (χ4v) is 2.25. The largest absolute Gasteiger partial charge is 0.468 e. The molecule has 1 saturated carbocycles. The monoisotopic (exact) mass is 264 g/mol. The summed E-state index contributed by atoms with van der Waals surface area (Å²) < 4.78 is 5.57. The lowest BCUT2D eigenvalue weighted by Crippen LogP contribution is -2.19. The summed E-state index contributed by atoms with van der Waals surface area (Å²) in [5.74, 6) is 1.81. The molecule has 0 spiro atoms. The predicted molar refractivity (Wildman–Crippen MR) is 79.2 cm³/mol. The van der Waals surface area contributed by atoms with Gasteiger partial charge in [0.15, 0.2) is 0 Å². The minimum absolute atomic E-state index is 0.687. The zero-order valence-corrected chi connectivity index (χ0v) is 12.4. The average molecular weight is 264 g/mol. The molecule has 0 saturated heterocycles. The molecular formula is C16H28N2O.